The van der Waals surface area contributed by atoms with Crippen molar-refractivity contribution in [3.63, 3.8) is 0 Å². The minimum absolute atomic E-state index is 0.506. The van der Waals surface area contributed by atoms with Gasteiger partial charge in [0, 0.05) is 24.3 Å². The first kappa shape index (κ1) is 16.2. The van der Waals surface area contributed by atoms with E-state index in [-0.39, 0.29) is 0 Å². The SMILES string of the molecule is Cc1cc(CNC2Cc3ccccc3C2)ncc1-c1ccc2nc[nH]c2c1. The fourth-order valence-corrected chi connectivity index (χ4v) is 4.07. The molecular formula is C23H22N4. The summed E-state index contributed by atoms with van der Waals surface area (Å²) in [6, 6.07) is 17.7. The van der Waals surface area contributed by atoms with Crippen LogP contribution in [-0.4, -0.2) is 21.0 Å². The number of rotatable bonds is 4. The van der Waals surface area contributed by atoms with Crippen molar-refractivity contribution in [2.24, 2.45) is 0 Å². The highest BCUT2D eigenvalue weighted by molar-refractivity contribution is 5.82. The summed E-state index contributed by atoms with van der Waals surface area (Å²) in [5.74, 6) is 0. The van der Waals surface area contributed by atoms with Gasteiger partial charge >= 0.3 is 0 Å². The predicted molar refractivity (Wildman–Crippen MR) is 109 cm³/mol. The van der Waals surface area contributed by atoms with E-state index in [1.165, 1.54) is 27.8 Å². The van der Waals surface area contributed by atoms with Crippen molar-refractivity contribution >= 4 is 11.0 Å². The number of pyridine rings is 1. The number of fused-ring (bicyclic) bond motifs is 2. The Hall–Kier alpha value is -2.98. The second-order valence-corrected chi connectivity index (χ2v) is 7.38. The first-order valence-corrected chi connectivity index (χ1v) is 9.45. The molecule has 4 nitrogen and oxygen atoms in total. The van der Waals surface area contributed by atoms with Crippen molar-refractivity contribution in [2.75, 3.05) is 0 Å². The molecule has 0 aliphatic heterocycles. The highest BCUT2D eigenvalue weighted by Gasteiger charge is 2.20. The van der Waals surface area contributed by atoms with E-state index in [1.54, 1.807) is 6.33 Å². The second-order valence-electron chi connectivity index (χ2n) is 7.38. The van der Waals surface area contributed by atoms with Gasteiger partial charge in [0.05, 0.1) is 23.1 Å². The summed E-state index contributed by atoms with van der Waals surface area (Å²) in [4.78, 5) is 12.2. The van der Waals surface area contributed by atoms with Crippen molar-refractivity contribution in [3.8, 4) is 11.1 Å². The van der Waals surface area contributed by atoms with E-state index < -0.39 is 0 Å². The summed E-state index contributed by atoms with van der Waals surface area (Å²) in [5, 5.41) is 3.68. The van der Waals surface area contributed by atoms with Crippen LogP contribution in [0.2, 0.25) is 0 Å². The van der Waals surface area contributed by atoms with Gasteiger partial charge in [-0.15, -0.1) is 0 Å². The lowest BCUT2D eigenvalue weighted by Gasteiger charge is -2.13. The van der Waals surface area contributed by atoms with Crippen LogP contribution < -0.4 is 5.32 Å². The molecule has 5 rings (SSSR count). The molecule has 1 aliphatic rings. The zero-order valence-electron chi connectivity index (χ0n) is 15.4. The number of nitrogens with zero attached hydrogens (tertiary/aromatic N) is 2. The van der Waals surface area contributed by atoms with Crippen LogP contribution in [-0.2, 0) is 19.4 Å². The normalized spacial score (nSPS) is 14.0. The molecule has 4 heteroatoms. The summed E-state index contributed by atoms with van der Waals surface area (Å²) in [5.41, 5.74) is 9.67. The third-order valence-electron chi connectivity index (χ3n) is 5.52. The van der Waals surface area contributed by atoms with Gasteiger partial charge in [-0.2, -0.15) is 0 Å². The van der Waals surface area contributed by atoms with Crippen LogP contribution in [0, 0.1) is 6.92 Å². The van der Waals surface area contributed by atoms with Crippen molar-refractivity contribution in [1.82, 2.24) is 20.3 Å². The molecule has 27 heavy (non-hydrogen) atoms. The highest BCUT2D eigenvalue weighted by Crippen LogP contribution is 2.26. The third kappa shape index (κ3) is 3.13. The first-order valence-electron chi connectivity index (χ1n) is 9.45. The van der Waals surface area contributed by atoms with E-state index in [0.717, 1.165) is 36.1 Å². The molecule has 1 aliphatic carbocycles. The molecule has 4 aromatic rings. The van der Waals surface area contributed by atoms with Gasteiger partial charge in [0.1, 0.15) is 0 Å². The molecule has 2 N–H and O–H groups in total. The van der Waals surface area contributed by atoms with Gasteiger partial charge in [-0.1, -0.05) is 30.3 Å². The molecule has 0 bridgehead atoms. The highest BCUT2D eigenvalue weighted by atomic mass is 14.9. The van der Waals surface area contributed by atoms with Gasteiger partial charge < -0.3 is 10.3 Å². The topological polar surface area (TPSA) is 53.6 Å². The van der Waals surface area contributed by atoms with Crippen molar-refractivity contribution in [3.05, 3.63) is 83.4 Å². The summed E-state index contributed by atoms with van der Waals surface area (Å²) in [6.07, 6.45) is 5.94. The Labute approximate surface area is 158 Å². The number of benzene rings is 2. The second kappa shape index (κ2) is 6.63. The molecule has 2 aromatic carbocycles. The van der Waals surface area contributed by atoms with Crippen LogP contribution in [0.5, 0.6) is 0 Å². The van der Waals surface area contributed by atoms with Gasteiger partial charge in [0.25, 0.3) is 0 Å². The number of aromatic amines is 1. The zero-order chi connectivity index (χ0) is 18.2. The standard InChI is InChI=1S/C23H22N4/c1-15-8-20(12-24-19-9-16-4-2-3-5-17(16)10-19)25-13-21(15)18-6-7-22-23(11-18)27-14-26-22/h2-8,11,13-14,19,24H,9-10,12H2,1H3,(H,26,27). The van der Waals surface area contributed by atoms with Gasteiger partial charge in [-0.05, 0) is 60.2 Å². The lowest BCUT2D eigenvalue weighted by atomic mass is 10.0. The van der Waals surface area contributed by atoms with Gasteiger partial charge in [0.15, 0.2) is 0 Å². The van der Waals surface area contributed by atoms with Crippen LogP contribution >= 0.6 is 0 Å². The number of H-pyrrole nitrogens is 1. The predicted octanol–water partition coefficient (Wildman–Crippen LogP) is 4.19. The van der Waals surface area contributed by atoms with Crippen molar-refractivity contribution < 1.29 is 0 Å². The first-order chi connectivity index (χ1) is 13.3. The molecule has 2 aromatic heterocycles. The molecule has 0 fully saturated rings. The van der Waals surface area contributed by atoms with Crippen LogP contribution in [0.25, 0.3) is 22.2 Å². The number of nitrogens with one attached hydrogen (secondary N) is 2. The average molecular weight is 354 g/mol. The van der Waals surface area contributed by atoms with E-state index in [1.807, 2.05) is 12.3 Å². The molecular weight excluding hydrogens is 332 g/mol. The maximum Gasteiger partial charge on any atom is 0.0931 e. The van der Waals surface area contributed by atoms with Crippen molar-refractivity contribution in [1.29, 1.82) is 0 Å². The molecule has 0 amide bonds. The summed E-state index contributed by atoms with van der Waals surface area (Å²) >= 11 is 0. The number of hydrogen-bond acceptors (Lipinski definition) is 3. The fourth-order valence-electron chi connectivity index (χ4n) is 4.07. The summed E-state index contributed by atoms with van der Waals surface area (Å²) in [6.45, 7) is 2.96. The van der Waals surface area contributed by atoms with Crippen LogP contribution in [0.4, 0.5) is 0 Å². The summed E-state index contributed by atoms with van der Waals surface area (Å²) in [7, 11) is 0. The number of aromatic nitrogens is 3. The Morgan fingerprint density at radius 2 is 1.85 bits per heavy atom. The van der Waals surface area contributed by atoms with E-state index in [4.69, 9.17) is 4.98 Å². The monoisotopic (exact) mass is 354 g/mol. The Morgan fingerprint density at radius 1 is 1.04 bits per heavy atom. The van der Waals surface area contributed by atoms with Crippen molar-refractivity contribution in [2.45, 2.75) is 32.4 Å². The van der Waals surface area contributed by atoms with E-state index >= 15 is 0 Å². The molecule has 0 saturated carbocycles. The number of hydrogen-bond donors (Lipinski definition) is 2. The zero-order valence-corrected chi connectivity index (χ0v) is 15.4. The third-order valence-corrected chi connectivity index (χ3v) is 5.52. The average Bonchev–Trinajstić information content (AvgIpc) is 3.32. The lowest BCUT2D eigenvalue weighted by Crippen LogP contribution is -2.29. The van der Waals surface area contributed by atoms with Gasteiger partial charge in [-0.25, -0.2) is 4.98 Å². The molecule has 0 radical (unpaired) electrons. The van der Waals surface area contributed by atoms with E-state index in [9.17, 15) is 0 Å². The maximum absolute atomic E-state index is 4.71. The summed E-state index contributed by atoms with van der Waals surface area (Å²) < 4.78 is 0. The Morgan fingerprint density at radius 3 is 2.63 bits per heavy atom. The Balaban J connectivity index is 1.30. The molecule has 0 unspecified atom stereocenters. The minimum atomic E-state index is 0.506. The largest absolute Gasteiger partial charge is 0.345 e. The Bertz CT molecular complexity index is 1090. The van der Waals surface area contributed by atoms with Gasteiger partial charge in [-0.3, -0.25) is 4.98 Å². The molecule has 0 spiro atoms. The molecule has 0 saturated heterocycles. The fraction of sp³-hybridized carbons (Fsp3) is 0.217. The molecule has 2 heterocycles. The van der Waals surface area contributed by atoms with E-state index in [2.05, 4.69) is 64.7 Å². The van der Waals surface area contributed by atoms with Gasteiger partial charge in [0.2, 0.25) is 0 Å². The lowest BCUT2D eigenvalue weighted by molar-refractivity contribution is 0.527. The van der Waals surface area contributed by atoms with Crippen LogP contribution in [0.1, 0.15) is 22.4 Å². The molecule has 134 valence electrons. The quantitative estimate of drug-likeness (QED) is 0.578. The van der Waals surface area contributed by atoms with Crippen LogP contribution in [0.15, 0.2) is 61.1 Å². The molecule has 0 atom stereocenters. The minimum Gasteiger partial charge on any atom is -0.345 e. The smallest absolute Gasteiger partial charge is 0.0931 e. The van der Waals surface area contributed by atoms with E-state index in [0.29, 0.717) is 6.04 Å². The number of imidazole rings is 1. The van der Waals surface area contributed by atoms with Crippen LogP contribution in [0.3, 0.4) is 0 Å². The number of aryl methyl sites for hydroxylation is 1. The maximum atomic E-state index is 4.71. The Kier molecular flexibility index (Phi) is 3.98.